The van der Waals surface area contributed by atoms with Gasteiger partial charge < -0.3 is 14.6 Å². The first-order valence-corrected chi connectivity index (χ1v) is 8.90. The van der Waals surface area contributed by atoms with E-state index in [9.17, 15) is 4.79 Å². The molecule has 2 rings (SSSR count). The fraction of sp³-hybridized carbons (Fsp3) is 0.733. The van der Waals surface area contributed by atoms with Crippen LogP contribution >= 0.6 is 23.6 Å². The van der Waals surface area contributed by atoms with Crippen molar-refractivity contribution in [3.05, 3.63) is 14.5 Å². The topological polar surface area (TPSA) is 45.3 Å². The summed E-state index contributed by atoms with van der Waals surface area (Å²) in [5.74, 6) is 0.180. The number of nitrogens with one attached hydrogen (secondary N) is 1. The van der Waals surface area contributed by atoms with Crippen LogP contribution in [0.2, 0.25) is 0 Å². The third-order valence-electron chi connectivity index (χ3n) is 3.78. The molecule has 4 nitrogen and oxygen atoms in total. The minimum Gasteiger partial charge on any atom is -0.376 e. The van der Waals surface area contributed by atoms with Gasteiger partial charge in [-0.15, -0.1) is 11.3 Å². The first-order valence-electron chi connectivity index (χ1n) is 7.68. The normalized spacial score (nSPS) is 18.7. The maximum Gasteiger partial charge on any atom is 0.227 e. The van der Waals surface area contributed by atoms with Gasteiger partial charge in [-0.25, -0.2) is 0 Å². The number of carbonyl (C=O) groups is 1. The van der Waals surface area contributed by atoms with Crippen LogP contribution in [0.5, 0.6) is 0 Å². The fourth-order valence-electron chi connectivity index (χ4n) is 2.64. The first-order chi connectivity index (χ1) is 10.1. The van der Waals surface area contributed by atoms with Gasteiger partial charge in [0.2, 0.25) is 5.91 Å². The summed E-state index contributed by atoms with van der Waals surface area (Å²) in [6.45, 7) is 6.43. The minimum absolute atomic E-state index is 0.180. The number of thiazole rings is 1. The Morgan fingerprint density at radius 1 is 1.52 bits per heavy atom. The highest BCUT2D eigenvalue weighted by atomic mass is 32.1. The molecule has 1 aliphatic heterocycles. The maximum atomic E-state index is 12.6. The summed E-state index contributed by atoms with van der Waals surface area (Å²) in [5.41, 5.74) is 1.02. The SMILES string of the molecule is CCCN(C[C@@H]1CCCCO1)C(=O)Cc1sc(=S)[nH]c1C. The average Bonchev–Trinajstić information content (AvgIpc) is 2.77. The molecule has 1 N–H and O–H groups in total. The molecule has 0 spiro atoms. The van der Waals surface area contributed by atoms with Crippen molar-refractivity contribution in [1.29, 1.82) is 0 Å². The third kappa shape index (κ3) is 4.90. The van der Waals surface area contributed by atoms with Crippen LogP contribution < -0.4 is 0 Å². The second-order valence-electron chi connectivity index (χ2n) is 5.57. The number of ether oxygens (including phenoxy) is 1. The molecule has 21 heavy (non-hydrogen) atoms. The minimum atomic E-state index is 0.180. The van der Waals surface area contributed by atoms with Gasteiger partial charge in [0.25, 0.3) is 0 Å². The van der Waals surface area contributed by atoms with Crippen LogP contribution in [-0.4, -0.2) is 41.6 Å². The van der Waals surface area contributed by atoms with E-state index >= 15 is 0 Å². The van der Waals surface area contributed by atoms with Crippen molar-refractivity contribution in [3.63, 3.8) is 0 Å². The summed E-state index contributed by atoms with van der Waals surface area (Å²) in [6.07, 6.45) is 5.03. The zero-order valence-electron chi connectivity index (χ0n) is 12.8. The predicted octanol–water partition coefficient (Wildman–Crippen LogP) is 3.46. The van der Waals surface area contributed by atoms with E-state index in [0.29, 0.717) is 6.42 Å². The number of hydrogen-bond acceptors (Lipinski definition) is 4. The van der Waals surface area contributed by atoms with Crippen molar-refractivity contribution < 1.29 is 9.53 Å². The van der Waals surface area contributed by atoms with Gasteiger partial charge in [0.15, 0.2) is 3.95 Å². The molecule has 1 amide bonds. The molecule has 0 aliphatic carbocycles. The number of rotatable bonds is 6. The van der Waals surface area contributed by atoms with Gasteiger partial charge in [-0.1, -0.05) is 6.92 Å². The Labute approximate surface area is 135 Å². The van der Waals surface area contributed by atoms with Crippen LogP contribution in [0, 0.1) is 10.9 Å². The zero-order chi connectivity index (χ0) is 15.2. The Kier molecular flexibility index (Phi) is 6.39. The molecule has 1 aromatic rings. The van der Waals surface area contributed by atoms with Crippen molar-refractivity contribution in [1.82, 2.24) is 9.88 Å². The lowest BCUT2D eigenvalue weighted by atomic mass is 10.1. The fourth-order valence-corrected chi connectivity index (χ4v) is 3.92. The van der Waals surface area contributed by atoms with Crippen LogP contribution in [0.15, 0.2) is 0 Å². The van der Waals surface area contributed by atoms with E-state index in [-0.39, 0.29) is 12.0 Å². The Balaban J connectivity index is 1.97. The molecule has 6 heteroatoms. The monoisotopic (exact) mass is 328 g/mol. The van der Waals surface area contributed by atoms with Gasteiger partial charge in [0.1, 0.15) is 0 Å². The third-order valence-corrected chi connectivity index (χ3v) is 5.12. The molecule has 1 aromatic heterocycles. The van der Waals surface area contributed by atoms with E-state index in [0.717, 1.165) is 53.5 Å². The number of carbonyl (C=O) groups excluding carboxylic acids is 1. The summed E-state index contributed by atoms with van der Waals surface area (Å²) in [4.78, 5) is 18.7. The second-order valence-corrected chi connectivity index (χ2v) is 7.34. The van der Waals surface area contributed by atoms with Gasteiger partial charge >= 0.3 is 0 Å². The Morgan fingerprint density at radius 3 is 2.90 bits per heavy atom. The summed E-state index contributed by atoms with van der Waals surface area (Å²) in [5, 5.41) is 0. The number of amides is 1. The predicted molar refractivity (Wildman–Crippen MR) is 88.4 cm³/mol. The van der Waals surface area contributed by atoms with Gasteiger partial charge in [-0.2, -0.15) is 0 Å². The molecular formula is C15H24N2O2S2. The summed E-state index contributed by atoms with van der Waals surface area (Å²) in [7, 11) is 0. The highest BCUT2D eigenvalue weighted by Gasteiger charge is 2.22. The molecule has 0 radical (unpaired) electrons. The molecule has 0 unspecified atom stereocenters. The number of aromatic nitrogens is 1. The first kappa shape index (κ1) is 16.6. The van der Waals surface area contributed by atoms with Crippen LogP contribution in [-0.2, 0) is 16.0 Å². The van der Waals surface area contributed by atoms with Crippen molar-refractivity contribution in [2.75, 3.05) is 19.7 Å². The summed E-state index contributed by atoms with van der Waals surface area (Å²) >= 11 is 6.64. The zero-order valence-corrected chi connectivity index (χ0v) is 14.4. The summed E-state index contributed by atoms with van der Waals surface area (Å²) in [6, 6.07) is 0. The molecule has 0 saturated carbocycles. The quantitative estimate of drug-likeness (QED) is 0.813. The van der Waals surface area contributed by atoms with E-state index in [2.05, 4.69) is 11.9 Å². The van der Waals surface area contributed by atoms with Gasteiger partial charge in [0.05, 0.1) is 12.5 Å². The molecule has 1 saturated heterocycles. The van der Waals surface area contributed by atoms with Gasteiger partial charge in [0, 0.05) is 30.3 Å². The molecule has 2 heterocycles. The molecule has 0 bridgehead atoms. The number of aryl methyl sites for hydroxylation is 1. The molecule has 118 valence electrons. The van der Waals surface area contributed by atoms with E-state index in [1.807, 2.05) is 11.8 Å². The van der Waals surface area contributed by atoms with Crippen molar-refractivity contribution in [2.24, 2.45) is 0 Å². The lowest BCUT2D eigenvalue weighted by Gasteiger charge is -2.30. The molecule has 1 atom stereocenters. The van der Waals surface area contributed by atoms with E-state index in [4.69, 9.17) is 17.0 Å². The number of aromatic amines is 1. The second kappa shape index (κ2) is 8.06. The van der Waals surface area contributed by atoms with E-state index in [1.54, 1.807) is 0 Å². The Bertz CT molecular complexity index is 518. The average molecular weight is 329 g/mol. The highest BCUT2D eigenvalue weighted by molar-refractivity contribution is 7.73. The number of nitrogens with zero attached hydrogens (tertiary/aromatic N) is 1. The lowest BCUT2D eigenvalue weighted by Crippen LogP contribution is -2.40. The standard InChI is InChI=1S/C15H24N2O2S2/c1-3-7-17(10-12-6-4-5-8-19-12)14(18)9-13-11(2)16-15(20)21-13/h12H,3-10H2,1-2H3,(H,16,20)/t12-/m0/s1. The van der Waals surface area contributed by atoms with Crippen molar-refractivity contribution in [2.45, 2.75) is 52.1 Å². The highest BCUT2D eigenvalue weighted by Crippen LogP contribution is 2.18. The van der Waals surface area contributed by atoms with Gasteiger partial charge in [-0.3, -0.25) is 4.79 Å². The van der Waals surface area contributed by atoms with Crippen LogP contribution in [0.25, 0.3) is 0 Å². The van der Waals surface area contributed by atoms with Gasteiger partial charge in [-0.05, 0) is 44.8 Å². The molecular weight excluding hydrogens is 304 g/mol. The maximum absolute atomic E-state index is 12.6. The van der Waals surface area contributed by atoms with Crippen LogP contribution in [0.1, 0.15) is 43.2 Å². The molecule has 0 aromatic carbocycles. The smallest absolute Gasteiger partial charge is 0.227 e. The van der Waals surface area contributed by atoms with E-state index in [1.165, 1.54) is 17.8 Å². The van der Waals surface area contributed by atoms with E-state index < -0.39 is 0 Å². The molecule has 1 fully saturated rings. The van der Waals surface area contributed by atoms with Crippen molar-refractivity contribution in [3.8, 4) is 0 Å². The largest absolute Gasteiger partial charge is 0.376 e. The Morgan fingerprint density at radius 2 is 2.33 bits per heavy atom. The molecule has 1 aliphatic rings. The lowest BCUT2D eigenvalue weighted by molar-refractivity contribution is -0.133. The number of hydrogen-bond donors (Lipinski definition) is 1. The van der Waals surface area contributed by atoms with Crippen molar-refractivity contribution >= 4 is 29.5 Å². The number of H-pyrrole nitrogens is 1. The van der Waals surface area contributed by atoms with Crippen LogP contribution in [0.4, 0.5) is 0 Å². The van der Waals surface area contributed by atoms with Crippen LogP contribution in [0.3, 0.4) is 0 Å². The Hall–Kier alpha value is -0.720. The summed E-state index contributed by atoms with van der Waals surface area (Å²) < 4.78 is 6.51.